The van der Waals surface area contributed by atoms with Gasteiger partial charge in [-0.3, -0.25) is 9.59 Å². The van der Waals surface area contributed by atoms with E-state index in [1.807, 2.05) is 37.3 Å². The predicted molar refractivity (Wildman–Crippen MR) is 75.3 cm³/mol. The van der Waals surface area contributed by atoms with Gasteiger partial charge in [0.2, 0.25) is 11.8 Å². The molecule has 0 saturated heterocycles. The Labute approximate surface area is 114 Å². The highest BCUT2D eigenvalue weighted by Crippen LogP contribution is 2.29. The van der Waals surface area contributed by atoms with Gasteiger partial charge in [-0.2, -0.15) is 0 Å². The van der Waals surface area contributed by atoms with Gasteiger partial charge in [-0.15, -0.1) is 0 Å². The van der Waals surface area contributed by atoms with Crippen LogP contribution in [-0.4, -0.2) is 11.8 Å². The van der Waals surface area contributed by atoms with E-state index in [0.717, 1.165) is 24.8 Å². The molecule has 0 aromatic heterocycles. The fourth-order valence-corrected chi connectivity index (χ4v) is 2.17. The third-order valence-electron chi connectivity index (χ3n) is 3.55. The van der Waals surface area contributed by atoms with Gasteiger partial charge in [0.25, 0.3) is 0 Å². The lowest BCUT2D eigenvalue weighted by Gasteiger charge is -2.26. The number of hydrogen-bond donors (Lipinski definition) is 2. The van der Waals surface area contributed by atoms with Gasteiger partial charge in [0, 0.05) is 6.42 Å². The lowest BCUT2D eigenvalue weighted by molar-refractivity contribution is -0.123. The van der Waals surface area contributed by atoms with Gasteiger partial charge in [-0.1, -0.05) is 43.2 Å². The second-order valence-electron chi connectivity index (χ2n) is 5.09. The summed E-state index contributed by atoms with van der Waals surface area (Å²) >= 11 is 0. The fourth-order valence-electron chi connectivity index (χ4n) is 2.17. The molecule has 0 bridgehead atoms. The average molecular weight is 262 g/mol. The number of unbranched alkanes of at least 4 members (excludes halogenated alkanes) is 2. The molecule has 0 heterocycles. The minimum absolute atomic E-state index is 0.277. The van der Waals surface area contributed by atoms with Crippen molar-refractivity contribution < 1.29 is 9.59 Å². The molecule has 0 aliphatic rings. The van der Waals surface area contributed by atoms with Crippen molar-refractivity contribution in [2.45, 2.75) is 44.4 Å². The van der Waals surface area contributed by atoms with E-state index in [4.69, 9.17) is 11.5 Å². The van der Waals surface area contributed by atoms with Crippen molar-refractivity contribution in [2.75, 3.05) is 0 Å². The molecule has 0 radical (unpaired) electrons. The zero-order valence-electron chi connectivity index (χ0n) is 11.4. The maximum atomic E-state index is 11.7. The van der Waals surface area contributed by atoms with Crippen LogP contribution in [0.4, 0.5) is 0 Å². The van der Waals surface area contributed by atoms with Crippen LogP contribution in [0.2, 0.25) is 0 Å². The molecule has 4 N–H and O–H groups in total. The smallest absolute Gasteiger partial charge is 0.227 e. The number of primary amides is 2. The van der Waals surface area contributed by atoms with Crippen molar-refractivity contribution >= 4 is 11.8 Å². The standard InChI is InChI=1S/C15H22N2O2/c1-15(14(17)19,12-8-4-2-5-9-12)11-7-3-6-10-13(16)18/h2,4-5,8-9H,3,6-7,10-11H2,1H3,(H2,16,18)(H2,17,19). The number of amides is 2. The molecular weight excluding hydrogens is 240 g/mol. The second-order valence-corrected chi connectivity index (χ2v) is 5.09. The number of benzene rings is 1. The zero-order valence-corrected chi connectivity index (χ0v) is 11.4. The quantitative estimate of drug-likeness (QED) is 0.701. The monoisotopic (exact) mass is 262 g/mol. The first-order valence-corrected chi connectivity index (χ1v) is 6.60. The Kier molecular flexibility index (Phi) is 5.55. The van der Waals surface area contributed by atoms with Crippen molar-refractivity contribution in [2.24, 2.45) is 11.5 Å². The van der Waals surface area contributed by atoms with Gasteiger partial charge in [0.15, 0.2) is 0 Å². The van der Waals surface area contributed by atoms with E-state index >= 15 is 0 Å². The van der Waals surface area contributed by atoms with E-state index in [-0.39, 0.29) is 11.8 Å². The minimum atomic E-state index is -0.645. The van der Waals surface area contributed by atoms with Crippen LogP contribution in [0.25, 0.3) is 0 Å². The first kappa shape index (κ1) is 15.2. The molecule has 104 valence electrons. The van der Waals surface area contributed by atoms with E-state index in [2.05, 4.69) is 0 Å². The van der Waals surface area contributed by atoms with Crippen LogP contribution in [0, 0.1) is 0 Å². The summed E-state index contributed by atoms with van der Waals surface area (Å²) in [5.74, 6) is -0.589. The molecule has 1 unspecified atom stereocenters. The summed E-state index contributed by atoms with van der Waals surface area (Å²) in [6.07, 6.45) is 3.57. The zero-order chi connectivity index (χ0) is 14.3. The van der Waals surface area contributed by atoms with Crippen LogP contribution in [0.1, 0.15) is 44.6 Å². The highest BCUT2D eigenvalue weighted by Gasteiger charge is 2.32. The predicted octanol–water partition coefficient (Wildman–Crippen LogP) is 1.87. The highest BCUT2D eigenvalue weighted by molar-refractivity contribution is 5.86. The Hall–Kier alpha value is -1.84. The molecule has 0 aliphatic carbocycles. The van der Waals surface area contributed by atoms with Crippen LogP contribution >= 0.6 is 0 Å². The first-order valence-electron chi connectivity index (χ1n) is 6.60. The van der Waals surface area contributed by atoms with Crippen LogP contribution in [0.5, 0.6) is 0 Å². The molecule has 0 aliphatic heterocycles. The largest absolute Gasteiger partial charge is 0.370 e. The molecular formula is C15H22N2O2. The molecule has 0 fully saturated rings. The second kappa shape index (κ2) is 6.92. The number of carbonyl (C=O) groups excluding carboxylic acids is 2. The van der Waals surface area contributed by atoms with Crippen LogP contribution < -0.4 is 11.5 Å². The van der Waals surface area contributed by atoms with Crippen LogP contribution in [0.15, 0.2) is 30.3 Å². The molecule has 4 nitrogen and oxygen atoms in total. The van der Waals surface area contributed by atoms with Gasteiger partial charge in [-0.05, 0) is 25.3 Å². The topological polar surface area (TPSA) is 86.2 Å². The van der Waals surface area contributed by atoms with Gasteiger partial charge in [0.05, 0.1) is 5.41 Å². The molecule has 19 heavy (non-hydrogen) atoms. The van der Waals surface area contributed by atoms with E-state index < -0.39 is 5.41 Å². The maximum absolute atomic E-state index is 11.7. The Balaban J connectivity index is 2.59. The Bertz CT molecular complexity index is 431. The van der Waals surface area contributed by atoms with E-state index in [1.165, 1.54) is 0 Å². The van der Waals surface area contributed by atoms with E-state index in [0.29, 0.717) is 12.8 Å². The fraction of sp³-hybridized carbons (Fsp3) is 0.467. The Morgan fingerprint density at radius 2 is 1.68 bits per heavy atom. The molecule has 4 heteroatoms. The lowest BCUT2D eigenvalue weighted by Crippen LogP contribution is -2.38. The summed E-state index contributed by atoms with van der Waals surface area (Å²) in [4.78, 5) is 22.4. The summed E-state index contributed by atoms with van der Waals surface area (Å²) in [6.45, 7) is 1.87. The van der Waals surface area contributed by atoms with Crippen molar-refractivity contribution in [1.82, 2.24) is 0 Å². The molecule has 1 aromatic carbocycles. The van der Waals surface area contributed by atoms with E-state index in [9.17, 15) is 9.59 Å². The van der Waals surface area contributed by atoms with Crippen molar-refractivity contribution in [3.05, 3.63) is 35.9 Å². The van der Waals surface area contributed by atoms with Gasteiger partial charge >= 0.3 is 0 Å². The average Bonchev–Trinajstić information content (AvgIpc) is 2.38. The van der Waals surface area contributed by atoms with E-state index in [1.54, 1.807) is 0 Å². The molecule has 2 amide bonds. The van der Waals surface area contributed by atoms with Gasteiger partial charge in [0.1, 0.15) is 0 Å². The molecule has 1 atom stereocenters. The molecule has 0 spiro atoms. The number of rotatable bonds is 8. The minimum Gasteiger partial charge on any atom is -0.370 e. The lowest BCUT2D eigenvalue weighted by atomic mass is 9.77. The number of hydrogen-bond acceptors (Lipinski definition) is 2. The van der Waals surface area contributed by atoms with Gasteiger partial charge in [-0.25, -0.2) is 0 Å². The first-order chi connectivity index (χ1) is 8.97. The van der Waals surface area contributed by atoms with Gasteiger partial charge < -0.3 is 11.5 Å². The van der Waals surface area contributed by atoms with Crippen molar-refractivity contribution in [3.8, 4) is 0 Å². The molecule has 0 saturated carbocycles. The number of carbonyl (C=O) groups is 2. The summed E-state index contributed by atoms with van der Waals surface area (Å²) in [5, 5.41) is 0. The summed E-state index contributed by atoms with van der Waals surface area (Å²) in [7, 11) is 0. The summed E-state index contributed by atoms with van der Waals surface area (Å²) < 4.78 is 0. The SMILES string of the molecule is CC(CCCCCC(N)=O)(C(N)=O)c1ccccc1. The third-order valence-corrected chi connectivity index (χ3v) is 3.55. The van der Waals surface area contributed by atoms with Crippen molar-refractivity contribution in [3.63, 3.8) is 0 Å². The van der Waals surface area contributed by atoms with Crippen LogP contribution in [0.3, 0.4) is 0 Å². The highest BCUT2D eigenvalue weighted by atomic mass is 16.1. The number of nitrogens with two attached hydrogens (primary N) is 2. The Morgan fingerprint density at radius 3 is 2.21 bits per heavy atom. The summed E-state index contributed by atoms with van der Waals surface area (Å²) in [5.41, 5.74) is 10.9. The third kappa shape index (κ3) is 4.39. The van der Waals surface area contributed by atoms with Crippen LogP contribution in [-0.2, 0) is 15.0 Å². The normalized spacial score (nSPS) is 13.7. The molecule has 1 aromatic rings. The Morgan fingerprint density at radius 1 is 1.05 bits per heavy atom. The van der Waals surface area contributed by atoms with Crippen molar-refractivity contribution in [1.29, 1.82) is 0 Å². The molecule has 1 rings (SSSR count). The maximum Gasteiger partial charge on any atom is 0.227 e. The summed E-state index contributed by atoms with van der Waals surface area (Å²) in [6, 6.07) is 9.58.